The highest BCUT2D eigenvalue weighted by Crippen LogP contribution is 2.16. The van der Waals surface area contributed by atoms with E-state index in [2.05, 4.69) is 39.8 Å². The van der Waals surface area contributed by atoms with Gasteiger partial charge in [-0.15, -0.1) is 0 Å². The largest absolute Gasteiger partial charge is 0.356 e. The highest BCUT2D eigenvalue weighted by Gasteiger charge is 2.22. The topological polar surface area (TPSA) is 29.1 Å². The fourth-order valence-corrected chi connectivity index (χ4v) is 3.39. The minimum atomic E-state index is 0.135. The van der Waals surface area contributed by atoms with Gasteiger partial charge in [0.15, 0.2) is 0 Å². The van der Waals surface area contributed by atoms with Gasteiger partial charge in [-0.25, -0.2) is 0 Å². The molecule has 0 aromatic heterocycles. The molecule has 1 N–H and O–H groups in total. The van der Waals surface area contributed by atoms with Crippen molar-refractivity contribution in [2.75, 3.05) is 27.2 Å². The van der Waals surface area contributed by atoms with E-state index in [0.717, 1.165) is 29.7 Å². The number of amides is 1. The van der Waals surface area contributed by atoms with Crippen molar-refractivity contribution in [2.45, 2.75) is 110 Å². The Morgan fingerprint density at radius 2 is 1.19 bits per heavy atom. The second-order valence-electron chi connectivity index (χ2n) is 8.74. The monoisotopic (exact) mass is 381 g/mol. The molecule has 0 fully saturated rings. The summed E-state index contributed by atoms with van der Waals surface area (Å²) in [6, 6.07) is 0. The molecule has 0 bridgehead atoms. The van der Waals surface area contributed by atoms with Gasteiger partial charge < -0.3 is 5.32 Å². The summed E-state index contributed by atoms with van der Waals surface area (Å²) in [7, 11) is 4.37. The van der Waals surface area contributed by atoms with Crippen molar-refractivity contribution >= 4 is 5.91 Å². The summed E-state index contributed by atoms with van der Waals surface area (Å²) in [6.07, 6.45) is 18.7. The average molecular weight is 382 g/mol. The number of rotatable bonds is 19. The summed E-state index contributed by atoms with van der Waals surface area (Å²) in [5, 5.41) is 3.07. The molecule has 0 aromatic rings. The third-order valence-electron chi connectivity index (χ3n) is 5.64. The summed E-state index contributed by atoms with van der Waals surface area (Å²) in [6.45, 7) is 10.6. The van der Waals surface area contributed by atoms with Crippen LogP contribution in [0.3, 0.4) is 0 Å². The van der Waals surface area contributed by atoms with Crippen LogP contribution in [0.1, 0.15) is 110 Å². The minimum absolute atomic E-state index is 0.135. The van der Waals surface area contributed by atoms with E-state index in [1.807, 2.05) is 0 Å². The summed E-state index contributed by atoms with van der Waals surface area (Å²) in [4.78, 5) is 12.2. The summed E-state index contributed by atoms with van der Waals surface area (Å²) in [5.74, 6) is 0.135. The second-order valence-corrected chi connectivity index (χ2v) is 8.74. The quantitative estimate of drug-likeness (QED) is 0.199. The van der Waals surface area contributed by atoms with Gasteiger partial charge in [-0.05, 0) is 25.8 Å². The molecular formula is C24H49N2O+. The van der Waals surface area contributed by atoms with Crippen molar-refractivity contribution in [2.24, 2.45) is 0 Å². The van der Waals surface area contributed by atoms with Crippen LogP contribution >= 0.6 is 0 Å². The predicted octanol–water partition coefficient (Wildman–Crippen LogP) is 6.58. The molecule has 0 aliphatic heterocycles. The molecule has 0 aromatic carbocycles. The first kappa shape index (κ1) is 26.2. The van der Waals surface area contributed by atoms with Gasteiger partial charge in [0.25, 0.3) is 0 Å². The Morgan fingerprint density at radius 1 is 0.741 bits per heavy atom. The zero-order valence-corrected chi connectivity index (χ0v) is 19.1. The minimum Gasteiger partial charge on any atom is -0.356 e. The fourth-order valence-electron chi connectivity index (χ4n) is 3.39. The average Bonchev–Trinajstić information content (AvgIpc) is 2.63. The first-order valence-electron chi connectivity index (χ1n) is 11.7. The number of nitrogens with one attached hydrogen (secondary N) is 1. The van der Waals surface area contributed by atoms with Crippen molar-refractivity contribution < 1.29 is 9.28 Å². The van der Waals surface area contributed by atoms with Gasteiger partial charge in [0.1, 0.15) is 12.1 Å². The zero-order chi connectivity index (χ0) is 20.4. The number of carbonyl (C=O) groups is 1. The molecule has 27 heavy (non-hydrogen) atoms. The standard InChI is InChI=1S/C24H48N2O/c1-6-8-10-12-14-15-17-19-21-26(4,5)23(3)22-24(27)25-20-18-16-13-11-9-7-2/h3,6-22H2,1-2,4-5H3/p+1. The molecule has 0 atom stereocenters. The van der Waals surface area contributed by atoms with E-state index >= 15 is 0 Å². The van der Waals surface area contributed by atoms with E-state index < -0.39 is 0 Å². The molecular weight excluding hydrogens is 332 g/mol. The van der Waals surface area contributed by atoms with E-state index in [4.69, 9.17) is 0 Å². The Kier molecular flexibility index (Phi) is 16.7. The lowest BCUT2D eigenvalue weighted by Crippen LogP contribution is -2.41. The van der Waals surface area contributed by atoms with Gasteiger partial charge in [0, 0.05) is 6.54 Å². The van der Waals surface area contributed by atoms with Crippen LogP contribution in [-0.4, -0.2) is 37.6 Å². The van der Waals surface area contributed by atoms with E-state index in [9.17, 15) is 4.79 Å². The van der Waals surface area contributed by atoms with Crippen LogP contribution in [0, 0.1) is 0 Å². The van der Waals surface area contributed by atoms with Crippen LogP contribution in [-0.2, 0) is 4.79 Å². The molecule has 0 saturated heterocycles. The second kappa shape index (κ2) is 17.3. The van der Waals surface area contributed by atoms with E-state index in [-0.39, 0.29) is 5.91 Å². The zero-order valence-electron chi connectivity index (χ0n) is 19.1. The summed E-state index contributed by atoms with van der Waals surface area (Å²) in [5.41, 5.74) is 1.03. The van der Waals surface area contributed by atoms with Gasteiger partial charge in [-0.1, -0.05) is 84.5 Å². The Bertz CT molecular complexity index is 377. The maximum atomic E-state index is 12.2. The maximum Gasteiger partial charge on any atom is 0.229 e. The van der Waals surface area contributed by atoms with Gasteiger partial charge in [-0.3, -0.25) is 9.28 Å². The first-order valence-corrected chi connectivity index (χ1v) is 11.7. The molecule has 0 radical (unpaired) electrons. The third kappa shape index (κ3) is 15.9. The molecule has 0 aliphatic rings. The lowest BCUT2D eigenvalue weighted by atomic mass is 10.1. The molecule has 160 valence electrons. The maximum absolute atomic E-state index is 12.2. The number of hydrogen-bond donors (Lipinski definition) is 1. The van der Waals surface area contributed by atoms with Crippen LogP contribution in [0.5, 0.6) is 0 Å². The Labute approximate surface area is 170 Å². The number of hydrogen-bond acceptors (Lipinski definition) is 1. The Morgan fingerprint density at radius 3 is 1.70 bits per heavy atom. The SMILES string of the molecule is C=C(CC(=O)NCCCCCCCC)[N+](C)(C)CCCCCCCCCC. The molecule has 0 saturated carbocycles. The summed E-state index contributed by atoms with van der Waals surface area (Å²) < 4.78 is 0.764. The molecule has 0 aliphatic carbocycles. The number of carbonyl (C=O) groups excluding carboxylic acids is 1. The van der Waals surface area contributed by atoms with Crippen LogP contribution < -0.4 is 5.32 Å². The van der Waals surface area contributed by atoms with Crippen LogP contribution in [0.15, 0.2) is 12.3 Å². The van der Waals surface area contributed by atoms with Crippen LogP contribution in [0.2, 0.25) is 0 Å². The van der Waals surface area contributed by atoms with Crippen molar-refractivity contribution in [3.05, 3.63) is 12.3 Å². The van der Waals surface area contributed by atoms with Crippen molar-refractivity contribution in [3.8, 4) is 0 Å². The highest BCUT2D eigenvalue weighted by molar-refractivity contribution is 5.77. The third-order valence-corrected chi connectivity index (χ3v) is 5.64. The molecule has 0 spiro atoms. The van der Waals surface area contributed by atoms with E-state index in [1.54, 1.807) is 0 Å². The first-order chi connectivity index (χ1) is 12.9. The molecule has 0 heterocycles. The Hall–Kier alpha value is -0.830. The molecule has 3 heteroatoms. The van der Waals surface area contributed by atoms with Gasteiger partial charge in [0.05, 0.1) is 20.6 Å². The molecule has 1 amide bonds. The smallest absolute Gasteiger partial charge is 0.229 e. The van der Waals surface area contributed by atoms with Gasteiger partial charge in [0.2, 0.25) is 5.91 Å². The van der Waals surface area contributed by atoms with E-state index in [1.165, 1.54) is 83.5 Å². The highest BCUT2D eigenvalue weighted by atomic mass is 16.1. The van der Waals surface area contributed by atoms with Crippen molar-refractivity contribution in [1.29, 1.82) is 0 Å². The number of quaternary nitrogens is 1. The number of nitrogens with zero attached hydrogens (tertiary/aromatic N) is 1. The van der Waals surface area contributed by atoms with Crippen molar-refractivity contribution in [3.63, 3.8) is 0 Å². The van der Waals surface area contributed by atoms with Gasteiger partial charge in [-0.2, -0.15) is 0 Å². The Balaban J connectivity index is 3.75. The predicted molar refractivity (Wildman–Crippen MR) is 120 cm³/mol. The van der Waals surface area contributed by atoms with Gasteiger partial charge >= 0.3 is 0 Å². The van der Waals surface area contributed by atoms with Crippen LogP contribution in [0.4, 0.5) is 0 Å². The number of unbranched alkanes of at least 4 members (excludes halogenated alkanes) is 12. The lowest BCUT2D eigenvalue weighted by Gasteiger charge is -2.31. The summed E-state index contributed by atoms with van der Waals surface area (Å²) >= 11 is 0. The fraction of sp³-hybridized carbons (Fsp3) is 0.875. The normalized spacial score (nSPS) is 11.6. The molecule has 0 unspecified atom stereocenters. The van der Waals surface area contributed by atoms with Crippen LogP contribution in [0.25, 0.3) is 0 Å². The van der Waals surface area contributed by atoms with Crippen molar-refractivity contribution in [1.82, 2.24) is 5.32 Å². The lowest BCUT2D eigenvalue weighted by molar-refractivity contribution is -0.853. The van der Waals surface area contributed by atoms with E-state index in [0.29, 0.717) is 6.42 Å². The molecule has 0 rings (SSSR count). The molecule has 3 nitrogen and oxygen atoms in total.